The lowest BCUT2D eigenvalue weighted by atomic mass is 10.2. The molecule has 0 unspecified atom stereocenters. The summed E-state index contributed by atoms with van der Waals surface area (Å²) in [6.45, 7) is 7.87. The summed E-state index contributed by atoms with van der Waals surface area (Å²) in [6, 6.07) is 3.97. The maximum atomic E-state index is 12.3. The SMILES string of the molecule is CC(C)c1noc(CN2CCN(CC(=O)Nc3ccc([N+](=O)[O-])cc3Cl)CC2)n1. The standard InChI is InChI=1S/C18H23ClN6O4/c1-12(2)18-21-17(29-22-18)11-24-7-5-23(6-8-24)10-16(26)20-15-4-3-13(25(27)28)9-14(15)19/h3-4,9,12H,5-8,10-11H2,1-2H3,(H,20,26). The van der Waals surface area contributed by atoms with Gasteiger partial charge in [0.15, 0.2) is 5.82 Å². The summed E-state index contributed by atoms with van der Waals surface area (Å²) >= 11 is 6.02. The van der Waals surface area contributed by atoms with Gasteiger partial charge in [-0.1, -0.05) is 30.6 Å². The van der Waals surface area contributed by atoms with Crippen molar-refractivity contribution in [2.24, 2.45) is 0 Å². The van der Waals surface area contributed by atoms with Crippen molar-refractivity contribution in [3.05, 3.63) is 45.1 Å². The molecule has 156 valence electrons. The zero-order valence-electron chi connectivity index (χ0n) is 16.3. The highest BCUT2D eigenvalue weighted by Crippen LogP contribution is 2.26. The molecule has 11 heteroatoms. The Morgan fingerprint density at radius 2 is 2.00 bits per heavy atom. The van der Waals surface area contributed by atoms with Crippen molar-refractivity contribution in [2.45, 2.75) is 26.3 Å². The Kier molecular flexibility index (Phi) is 6.78. The summed E-state index contributed by atoms with van der Waals surface area (Å²) in [4.78, 5) is 31.2. The van der Waals surface area contributed by atoms with Crippen molar-refractivity contribution >= 4 is 28.9 Å². The fraction of sp³-hybridized carbons (Fsp3) is 0.500. The molecule has 0 saturated carbocycles. The third-order valence-corrected chi connectivity index (χ3v) is 4.94. The maximum Gasteiger partial charge on any atom is 0.271 e. The third-order valence-electron chi connectivity index (χ3n) is 4.63. The van der Waals surface area contributed by atoms with Crippen molar-refractivity contribution in [1.29, 1.82) is 0 Å². The van der Waals surface area contributed by atoms with Gasteiger partial charge in [0.25, 0.3) is 5.69 Å². The number of carbonyl (C=O) groups excluding carboxylic acids is 1. The van der Waals surface area contributed by atoms with Gasteiger partial charge in [0, 0.05) is 44.2 Å². The molecule has 29 heavy (non-hydrogen) atoms. The minimum absolute atomic E-state index is 0.120. The average Bonchev–Trinajstić information content (AvgIpc) is 3.14. The number of benzene rings is 1. The second-order valence-electron chi connectivity index (χ2n) is 7.22. The zero-order valence-corrected chi connectivity index (χ0v) is 17.1. The second kappa shape index (κ2) is 9.29. The van der Waals surface area contributed by atoms with Crippen LogP contribution < -0.4 is 5.32 Å². The first-order valence-electron chi connectivity index (χ1n) is 9.33. The quantitative estimate of drug-likeness (QED) is 0.534. The normalized spacial score (nSPS) is 15.6. The van der Waals surface area contributed by atoms with Crippen LogP contribution in [0.2, 0.25) is 5.02 Å². The van der Waals surface area contributed by atoms with Crippen molar-refractivity contribution in [1.82, 2.24) is 19.9 Å². The first-order valence-corrected chi connectivity index (χ1v) is 9.70. The number of halogens is 1. The van der Waals surface area contributed by atoms with Crippen molar-refractivity contribution in [3.8, 4) is 0 Å². The Balaban J connectivity index is 1.45. The van der Waals surface area contributed by atoms with E-state index in [1.165, 1.54) is 18.2 Å². The van der Waals surface area contributed by atoms with Gasteiger partial charge in [0.1, 0.15) is 0 Å². The van der Waals surface area contributed by atoms with E-state index < -0.39 is 4.92 Å². The van der Waals surface area contributed by atoms with E-state index in [4.69, 9.17) is 16.1 Å². The number of nitro benzene ring substituents is 1. The van der Waals surface area contributed by atoms with Crippen molar-refractivity contribution < 1.29 is 14.2 Å². The van der Waals surface area contributed by atoms with Crippen LogP contribution >= 0.6 is 11.6 Å². The second-order valence-corrected chi connectivity index (χ2v) is 7.63. The van der Waals surface area contributed by atoms with Gasteiger partial charge >= 0.3 is 0 Å². The van der Waals surface area contributed by atoms with Crippen LogP contribution in [-0.2, 0) is 11.3 Å². The molecular weight excluding hydrogens is 400 g/mol. The van der Waals surface area contributed by atoms with Gasteiger partial charge in [-0.25, -0.2) is 0 Å². The van der Waals surface area contributed by atoms with Crippen LogP contribution in [0.1, 0.15) is 31.5 Å². The summed E-state index contributed by atoms with van der Waals surface area (Å²) in [7, 11) is 0. The van der Waals surface area contributed by atoms with E-state index in [-0.39, 0.29) is 29.1 Å². The number of nitrogens with one attached hydrogen (secondary N) is 1. The van der Waals surface area contributed by atoms with E-state index in [1.807, 2.05) is 18.7 Å². The highest BCUT2D eigenvalue weighted by Gasteiger charge is 2.21. The minimum Gasteiger partial charge on any atom is -0.338 e. The Morgan fingerprint density at radius 1 is 1.31 bits per heavy atom. The van der Waals surface area contributed by atoms with Gasteiger partial charge in [0.05, 0.1) is 28.7 Å². The van der Waals surface area contributed by atoms with Crippen LogP contribution in [0, 0.1) is 10.1 Å². The topological polar surface area (TPSA) is 118 Å². The van der Waals surface area contributed by atoms with Crippen molar-refractivity contribution in [2.75, 3.05) is 38.0 Å². The van der Waals surface area contributed by atoms with E-state index in [9.17, 15) is 14.9 Å². The molecule has 10 nitrogen and oxygen atoms in total. The molecule has 0 spiro atoms. The molecule has 1 saturated heterocycles. The molecule has 1 N–H and O–H groups in total. The summed E-state index contributed by atoms with van der Waals surface area (Å²) in [5.74, 6) is 1.33. The largest absolute Gasteiger partial charge is 0.338 e. The van der Waals surface area contributed by atoms with E-state index in [0.717, 1.165) is 26.2 Å². The predicted octanol–water partition coefficient (Wildman–Crippen LogP) is 2.51. The molecule has 1 aromatic carbocycles. The van der Waals surface area contributed by atoms with Crippen LogP contribution in [0.5, 0.6) is 0 Å². The van der Waals surface area contributed by atoms with Gasteiger partial charge in [-0.3, -0.25) is 24.7 Å². The van der Waals surface area contributed by atoms with Gasteiger partial charge in [-0.15, -0.1) is 0 Å². The number of hydrogen-bond donors (Lipinski definition) is 1. The molecule has 0 radical (unpaired) electrons. The lowest BCUT2D eigenvalue weighted by molar-refractivity contribution is -0.384. The number of non-ortho nitro benzene ring substituents is 1. The molecule has 0 atom stereocenters. The molecule has 1 amide bonds. The number of rotatable bonds is 7. The number of piperazine rings is 1. The van der Waals surface area contributed by atoms with Crippen LogP contribution in [0.4, 0.5) is 11.4 Å². The van der Waals surface area contributed by atoms with E-state index in [0.29, 0.717) is 23.9 Å². The number of anilines is 1. The van der Waals surface area contributed by atoms with Gasteiger partial charge in [0.2, 0.25) is 11.8 Å². The highest BCUT2D eigenvalue weighted by molar-refractivity contribution is 6.34. The average molecular weight is 423 g/mol. The Hall–Kier alpha value is -2.56. The first-order chi connectivity index (χ1) is 13.8. The number of nitrogens with zero attached hydrogens (tertiary/aromatic N) is 5. The molecule has 2 heterocycles. The molecule has 0 bridgehead atoms. The van der Waals surface area contributed by atoms with Crippen LogP contribution in [-0.4, -0.2) is 63.5 Å². The van der Waals surface area contributed by atoms with Crippen LogP contribution in [0.15, 0.2) is 22.7 Å². The highest BCUT2D eigenvalue weighted by atomic mass is 35.5. The molecule has 3 rings (SSSR count). The van der Waals surface area contributed by atoms with E-state index >= 15 is 0 Å². The van der Waals surface area contributed by atoms with Crippen molar-refractivity contribution in [3.63, 3.8) is 0 Å². The molecular formula is C18H23ClN6O4. The summed E-state index contributed by atoms with van der Waals surface area (Å²) in [5, 5.41) is 17.6. The zero-order chi connectivity index (χ0) is 21.0. The summed E-state index contributed by atoms with van der Waals surface area (Å²) in [5.41, 5.74) is 0.240. The number of hydrogen-bond acceptors (Lipinski definition) is 8. The Bertz CT molecular complexity index is 879. The molecule has 1 aliphatic heterocycles. The monoisotopic (exact) mass is 422 g/mol. The molecule has 0 aliphatic carbocycles. The summed E-state index contributed by atoms with van der Waals surface area (Å²) in [6.07, 6.45) is 0. The molecule has 1 fully saturated rings. The van der Waals surface area contributed by atoms with Gasteiger partial charge in [-0.2, -0.15) is 4.98 Å². The van der Waals surface area contributed by atoms with Crippen LogP contribution in [0.25, 0.3) is 0 Å². The summed E-state index contributed by atoms with van der Waals surface area (Å²) < 4.78 is 5.29. The predicted molar refractivity (Wildman–Crippen MR) is 107 cm³/mol. The Labute approximate surface area is 173 Å². The minimum atomic E-state index is -0.533. The fourth-order valence-electron chi connectivity index (χ4n) is 2.98. The first kappa shape index (κ1) is 21.2. The lowest BCUT2D eigenvalue weighted by Crippen LogP contribution is -2.48. The molecule has 1 aromatic heterocycles. The van der Waals surface area contributed by atoms with E-state index in [2.05, 4.69) is 20.4 Å². The van der Waals surface area contributed by atoms with E-state index in [1.54, 1.807) is 0 Å². The smallest absolute Gasteiger partial charge is 0.271 e. The number of amides is 1. The molecule has 1 aliphatic rings. The number of nitro groups is 1. The number of carbonyl (C=O) groups is 1. The third kappa shape index (κ3) is 5.72. The molecule has 2 aromatic rings. The van der Waals surface area contributed by atoms with Crippen LogP contribution in [0.3, 0.4) is 0 Å². The fourth-order valence-corrected chi connectivity index (χ4v) is 3.20. The van der Waals surface area contributed by atoms with Gasteiger partial charge in [-0.05, 0) is 6.07 Å². The Morgan fingerprint density at radius 3 is 2.59 bits per heavy atom. The number of aromatic nitrogens is 2. The maximum absolute atomic E-state index is 12.3. The van der Waals surface area contributed by atoms with Gasteiger partial charge < -0.3 is 9.84 Å². The lowest BCUT2D eigenvalue weighted by Gasteiger charge is -2.33.